The minimum absolute atomic E-state index is 0.423. The highest BCUT2D eigenvalue weighted by atomic mass is 79.9. The van der Waals surface area contributed by atoms with Crippen molar-refractivity contribution < 1.29 is 0 Å². The largest absolute Gasteiger partial charge is 0.260 e. The molecule has 2 heteroatoms. The summed E-state index contributed by atoms with van der Waals surface area (Å²) in [6.45, 7) is 0. The van der Waals surface area contributed by atoms with Crippen LogP contribution in [0.15, 0.2) is 58.0 Å². The maximum absolute atomic E-state index is 4.46. The van der Waals surface area contributed by atoms with E-state index in [0.717, 1.165) is 16.6 Å². The van der Waals surface area contributed by atoms with Gasteiger partial charge in [-0.1, -0.05) is 46.3 Å². The molecule has 0 saturated heterocycles. The quantitative estimate of drug-likeness (QED) is 0.771. The predicted molar refractivity (Wildman–Crippen MR) is 75.2 cm³/mol. The fourth-order valence-corrected chi connectivity index (χ4v) is 2.47. The monoisotopic (exact) mass is 285 g/mol. The molecular formula is C15H12BrN. The zero-order valence-corrected chi connectivity index (χ0v) is 10.9. The van der Waals surface area contributed by atoms with Gasteiger partial charge in [0.05, 0.1) is 5.69 Å². The SMILES string of the molecule is Brc1ccc(CC2C=Nc3ccccc32)cc1. The molecule has 84 valence electrons. The van der Waals surface area contributed by atoms with Gasteiger partial charge >= 0.3 is 0 Å². The summed E-state index contributed by atoms with van der Waals surface area (Å²) in [5, 5.41) is 0. The first kappa shape index (κ1) is 10.7. The summed E-state index contributed by atoms with van der Waals surface area (Å²) < 4.78 is 1.13. The zero-order chi connectivity index (χ0) is 11.7. The van der Waals surface area contributed by atoms with Crippen LogP contribution in [0.2, 0.25) is 0 Å². The summed E-state index contributed by atoms with van der Waals surface area (Å²) in [7, 11) is 0. The number of para-hydroxylation sites is 1. The van der Waals surface area contributed by atoms with Gasteiger partial charge < -0.3 is 0 Å². The van der Waals surface area contributed by atoms with Gasteiger partial charge in [-0.25, -0.2) is 0 Å². The highest BCUT2D eigenvalue weighted by Gasteiger charge is 2.18. The average Bonchev–Trinajstić information content (AvgIpc) is 2.76. The Balaban J connectivity index is 1.84. The Kier molecular flexibility index (Phi) is 2.81. The molecule has 0 aromatic heterocycles. The number of rotatable bonds is 2. The van der Waals surface area contributed by atoms with Gasteiger partial charge in [0.15, 0.2) is 0 Å². The predicted octanol–water partition coefficient (Wildman–Crippen LogP) is 4.49. The number of benzene rings is 2. The molecule has 1 heterocycles. The van der Waals surface area contributed by atoms with Crippen LogP contribution in [0.1, 0.15) is 17.0 Å². The zero-order valence-electron chi connectivity index (χ0n) is 9.31. The summed E-state index contributed by atoms with van der Waals surface area (Å²) in [5.74, 6) is 0.423. The maximum atomic E-state index is 4.46. The smallest absolute Gasteiger partial charge is 0.0664 e. The molecule has 1 nitrogen and oxygen atoms in total. The molecule has 0 bridgehead atoms. The Labute approximate surface area is 109 Å². The molecule has 0 fully saturated rings. The van der Waals surface area contributed by atoms with Gasteiger partial charge in [0.25, 0.3) is 0 Å². The van der Waals surface area contributed by atoms with E-state index in [-0.39, 0.29) is 0 Å². The third-order valence-corrected chi connectivity index (χ3v) is 3.63. The lowest BCUT2D eigenvalue weighted by molar-refractivity contribution is 0.911. The van der Waals surface area contributed by atoms with Crippen molar-refractivity contribution in [1.29, 1.82) is 0 Å². The van der Waals surface area contributed by atoms with E-state index < -0.39 is 0 Å². The van der Waals surface area contributed by atoms with E-state index in [1.807, 2.05) is 6.07 Å². The highest BCUT2D eigenvalue weighted by Crippen LogP contribution is 2.33. The lowest BCUT2D eigenvalue weighted by Crippen LogP contribution is -2.00. The van der Waals surface area contributed by atoms with Crippen molar-refractivity contribution in [2.75, 3.05) is 0 Å². The molecule has 2 aromatic rings. The van der Waals surface area contributed by atoms with E-state index >= 15 is 0 Å². The second-order valence-electron chi connectivity index (χ2n) is 4.27. The Morgan fingerprint density at radius 1 is 1.00 bits per heavy atom. The Morgan fingerprint density at radius 3 is 2.59 bits per heavy atom. The van der Waals surface area contributed by atoms with Crippen LogP contribution in [-0.4, -0.2) is 6.21 Å². The maximum Gasteiger partial charge on any atom is 0.0664 e. The van der Waals surface area contributed by atoms with E-state index in [2.05, 4.69) is 69.6 Å². The van der Waals surface area contributed by atoms with Gasteiger partial charge in [-0.15, -0.1) is 0 Å². The van der Waals surface area contributed by atoms with Crippen molar-refractivity contribution in [3.05, 3.63) is 64.1 Å². The second kappa shape index (κ2) is 4.46. The molecule has 2 aromatic carbocycles. The molecule has 0 amide bonds. The molecule has 17 heavy (non-hydrogen) atoms. The van der Waals surface area contributed by atoms with Gasteiger partial charge in [-0.3, -0.25) is 4.99 Å². The van der Waals surface area contributed by atoms with Crippen molar-refractivity contribution in [1.82, 2.24) is 0 Å². The summed E-state index contributed by atoms with van der Waals surface area (Å²) in [6, 6.07) is 16.9. The van der Waals surface area contributed by atoms with Gasteiger partial charge in [-0.2, -0.15) is 0 Å². The molecule has 0 spiro atoms. The molecular weight excluding hydrogens is 274 g/mol. The third-order valence-electron chi connectivity index (χ3n) is 3.10. The van der Waals surface area contributed by atoms with Crippen LogP contribution >= 0.6 is 15.9 Å². The standard InChI is InChI=1S/C15H12BrN/c16-13-7-5-11(6-8-13)9-12-10-17-15-4-2-1-3-14(12)15/h1-8,10,12H,9H2. The topological polar surface area (TPSA) is 12.4 Å². The van der Waals surface area contributed by atoms with Crippen molar-refractivity contribution in [3.8, 4) is 0 Å². The Morgan fingerprint density at radius 2 is 1.76 bits per heavy atom. The van der Waals surface area contributed by atoms with Crippen molar-refractivity contribution in [2.45, 2.75) is 12.3 Å². The van der Waals surface area contributed by atoms with E-state index in [1.54, 1.807) is 0 Å². The number of hydrogen-bond donors (Lipinski definition) is 0. The minimum Gasteiger partial charge on any atom is -0.260 e. The number of aliphatic imine (C=N–C) groups is 1. The van der Waals surface area contributed by atoms with Crippen molar-refractivity contribution in [2.24, 2.45) is 4.99 Å². The molecule has 0 radical (unpaired) electrons. The summed E-state index contributed by atoms with van der Waals surface area (Å²) in [5.41, 5.74) is 3.81. The molecule has 0 N–H and O–H groups in total. The van der Waals surface area contributed by atoms with Gasteiger partial charge in [-0.05, 0) is 35.7 Å². The summed E-state index contributed by atoms with van der Waals surface area (Å²) in [4.78, 5) is 4.46. The Hall–Kier alpha value is -1.41. The van der Waals surface area contributed by atoms with Gasteiger partial charge in [0.1, 0.15) is 0 Å². The van der Waals surface area contributed by atoms with E-state index in [9.17, 15) is 0 Å². The number of halogens is 1. The lowest BCUT2D eigenvalue weighted by atomic mass is 9.94. The van der Waals surface area contributed by atoms with Gasteiger partial charge in [0.2, 0.25) is 0 Å². The lowest BCUT2D eigenvalue weighted by Gasteiger charge is -2.09. The van der Waals surface area contributed by atoms with Crippen LogP contribution in [0.3, 0.4) is 0 Å². The number of nitrogens with zero attached hydrogens (tertiary/aromatic N) is 1. The van der Waals surface area contributed by atoms with E-state index in [4.69, 9.17) is 0 Å². The van der Waals surface area contributed by atoms with Crippen LogP contribution < -0.4 is 0 Å². The third kappa shape index (κ3) is 2.18. The van der Waals surface area contributed by atoms with Crippen LogP contribution in [0.25, 0.3) is 0 Å². The normalized spacial score (nSPS) is 17.1. The van der Waals surface area contributed by atoms with Crippen molar-refractivity contribution >= 4 is 27.8 Å². The van der Waals surface area contributed by atoms with Crippen molar-refractivity contribution in [3.63, 3.8) is 0 Å². The minimum atomic E-state index is 0.423. The van der Waals surface area contributed by atoms with Crippen LogP contribution in [0.5, 0.6) is 0 Å². The second-order valence-corrected chi connectivity index (χ2v) is 5.19. The molecule has 1 unspecified atom stereocenters. The molecule has 1 aliphatic heterocycles. The van der Waals surface area contributed by atoms with E-state index in [0.29, 0.717) is 5.92 Å². The van der Waals surface area contributed by atoms with Crippen LogP contribution in [0, 0.1) is 0 Å². The number of hydrogen-bond acceptors (Lipinski definition) is 1. The fourth-order valence-electron chi connectivity index (χ4n) is 2.21. The van der Waals surface area contributed by atoms with E-state index in [1.165, 1.54) is 11.1 Å². The van der Waals surface area contributed by atoms with Crippen LogP contribution in [0.4, 0.5) is 5.69 Å². The molecule has 1 aliphatic rings. The summed E-state index contributed by atoms with van der Waals surface area (Å²) >= 11 is 3.46. The number of fused-ring (bicyclic) bond motifs is 1. The molecule has 0 aliphatic carbocycles. The first-order valence-corrected chi connectivity index (χ1v) is 6.50. The molecule has 3 rings (SSSR count). The van der Waals surface area contributed by atoms with Gasteiger partial charge in [0, 0.05) is 16.6 Å². The highest BCUT2D eigenvalue weighted by molar-refractivity contribution is 9.10. The first-order valence-electron chi connectivity index (χ1n) is 5.70. The summed E-state index contributed by atoms with van der Waals surface area (Å²) in [6.07, 6.45) is 3.08. The fraction of sp³-hybridized carbons (Fsp3) is 0.133. The Bertz CT molecular complexity index is 557. The average molecular weight is 286 g/mol. The van der Waals surface area contributed by atoms with Crippen LogP contribution in [-0.2, 0) is 6.42 Å². The first-order chi connectivity index (χ1) is 8.33. The molecule has 0 saturated carbocycles. The molecule has 1 atom stereocenters.